The molecule has 0 saturated heterocycles. The maximum absolute atomic E-state index is 2.30. The van der Waals surface area contributed by atoms with Crippen LogP contribution in [-0.2, 0) is 0 Å². The van der Waals surface area contributed by atoms with Crippen LogP contribution in [0, 0.1) is 11.8 Å². The standard InChI is InChI=1S/C7H8.CH4/c1-2-7-4-3-6(1)5-7;/h1-4,6-7H,5H2;1H4. The van der Waals surface area contributed by atoms with E-state index in [9.17, 15) is 0 Å². The van der Waals surface area contributed by atoms with Crippen molar-refractivity contribution in [3.05, 3.63) is 24.3 Å². The Morgan fingerprint density at radius 2 is 1.25 bits per heavy atom. The van der Waals surface area contributed by atoms with Crippen molar-refractivity contribution >= 4 is 0 Å². The summed E-state index contributed by atoms with van der Waals surface area (Å²) < 4.78 is 0. The van der Waals surface area contributed by atoms with E-state index in [4.69, 9.17) is 0 Å². The molecule has 0 aromatic rings. The number of allylic oxidation sites excluding steroid dienone is 4. The lowest BCUT2D eigenvalue weighted by Gasteiger charge is -1.88. The lowest BCUT2D eigenvalue weighted by Crippen LogP contribution is -1.79. The third-order valence-electron chi connectivity index (χ3n) is 1.76. The Morgan fingerprint density at radius 3 is 1.38 bits per heavy atom. The van der Waals surface area contributed by atoms with Gasteiger partial charge in [0.05, 0.1) is 0 Å². The number of hydrogen-bond acceptors (Lipinski definition) is 0. The van der Waals surface area contributed by atoms with E-state index < -0.39 is 0 Å². The van der Waals surface area contributed by atoms with Crippen molar-refractivity contribution < 1.29 is 0 Å². The highest BCUT2D eigenvalue weighted by Crippen LogP contribution is 2.31. The third-order valence-corrected chi connectivity index (χ3v) is 1.76. The van der Waals surface area contributed by atoms with E-state index in [2.05, 4.69) is 24.3 Å². The second-order valence-electron chi connectivity index (χ2n) is 2.33. The molecule has 0 aromatic heterocycles. The van der Waals surface area contributed by atoms with E-state index >= 15 is 0 Å². The first-order valence-corrected chi connectivity index (χ1v) is 2.82. The summed E-state index contributed by atoms with van der Waals surface area (Å²) in [4.78, 5) is 0. The molecule has 0 spiro atoms. The van der Waals surface area contributed by atoms with E-state index in [1.807, 2.05) is 0 Å². The monoisotopic (exact) mass is 108 g/mol. The molecule has 0 unspecified atom stereocenters. The molecule has 0 heteroatoms. The van der Waals surface area contributed by atoms with Gasteiger partial charge in [-0.2, -0.15) is 0 Å². The highest BCUT2D eigenvalue weighted by Gasteiger charge is 2.19. The second kappa shape index (κ2) is 1.77. The predicted octanol–water partition coefficient (Wildman–Crippen LogP) is 2.38. The van der Waals surface area contributed by atoms with Crippen LogP contribution in [0.1, 0.15) is 13.8 Å². The van der Waals surface area contributed by atoms with Crippen molar-refractivity contribution in [2.75, 3.05) is 0 Å². The predicted molar refractivity (Wildman–Crippen MR) is 36.6 cm³/mol. The van der Waals surface area contributed by atoms with E-state index in [1.165, 1.54) is 6.42 Å². The van der Waals surface area contributed by atoms with Gasteiger partial charge in [0, 0.05) is 0 Å². The molecule has 0 nitrogen and oxygen atoms in total. The van der Waals surface area contributed by atoms with Crippen LogP contribution in [-0.4, -0.2) is 0 Å². The fourth-order valence-electron chi connectivity index (χ4n) is 1.33. The first-order chi connectivity index (χ1) is 3.45. The molecule has 0 atom stereocenters. The van der Waals surface area contributed by atoms with Crippen LogP contribution >= 0.6 is 0 Å². The largest absolute Gasteiger partial charge is 0.0810 e. The Hall–Kier alpha value is -0.520. The van der Waals surface area contributed by atoms with Gasteiger partial charge in [-0.1, -0.05) is 31.7 Å². The van der Waals surface area contributed by atoms with Crippen LogP contribution in [0.4, 0.5) is 0 Å². The Balaban J connectivity index is 0.000000320. The Kier molecular flexibility index (Phi) is 1.24. The van der Waals surface area contributed by atoms with Gasteiger partial charge in [0.25, 0.3) is 0 Å². The molecule has 0 radical (unpaired) electrons. The van der Waals surface area contributed by atoms with Gasteiger partial charge in [0.1, 0.15) is 0 Å². The first kappa shape index (κ1) is 5.61. The Bertz CT molecular complexity index is 103. The van der Waals surface area contributed by atoms with Crippen LogP contribution in [0.3, 0.4) is 0 Å². The quantitative estimate of drug-likeness (QED) is 0.418. The fraction of sp³-hybridized carbons (Fsp3) is 0.500. The van der Waals surface area contributed by atoms with E-state index in [0.717, 1.165) is 11.8 Å². The summed E-state index contributed by atoms with van der Waals surface area (Å²) in [5.74, 6) is 1.62. The Morgan fingerprint density at radius 1 is 0.875 bits per heavy atom. The zero-order valence-electron chi connectivity index (χ0n) is 4.17. The van der Waals surface area contributed by atoms with Crippen molar-refractivity contribution in [3.8, 4) is 0 Å². The van der Waals surface area contributed by atoms with Crippen molar-refractivity contribution in [1.29, 1.82) is 0 Å². The van der Waals surface area contributed by atoms with E-state index in [0.29, 0.717) is 0 Å². The van der Waals surface area contributed by atoms with Gasteiger partial charge < -0.3 is 0 Å². The molecule has 0 saturated carbocycles. The molecule has 0 heterocycles. The maximum Gasteiger partial charge on any atom is -0.00445 e. The number of fused-ring (bicyclic) bond motifs is 2. The average molecular weight is 108 g/mol. The van der Waals surface area contributed by atoms with Crippen molar-refractivity contribution in [2.24, 2.45) is 11.8 Å². The molecule has 0 aliphatic heterocycles. The zero-order chi connectivity index (χ0) is 4.69. The molecule has 2 aliphatic carbocycles. The summed E-state index contributed by atoms with van der Waals surface area (Å²) in [6, 6.07) is 0. The summed E-state index contributed by atoms with van der Waals surface area (Å²) in [5.41, 5.74) is 0. The summed E-state index contributed by atoms with van der Waals surface area (Å²) in [6.45, 7) is 0. The zero-order valence-corrected chi connectivity index (χ0v) is 4.17. The van der Waals surface area contributed by atoms with Crippen LogP contribution in [0.5, 0.6) is 0 Å². The van der Waals surface area contributed by atoms with Crippen LogP contribution in [0.15, 0.2) is 24.3 Å². The van der Waals surface area contributed by atoms with Crippen molar-refractivity contribution in [3.63, 3.8) is 0 Å². The van der Waals surface area contributed by atoms with Gasteiger partial charge in [-0.15, -0.1) is 0 Å². The normalized spacial score (nSPS) is 38.0. The molecule has 0 amide bonds. The minimum atomic E-state index is 0. The fourth-order valence-corrected chi connectivity index (χ4v) is 1.33. The Labute approximate surface area is 50.9 Å². The molecule has 8 heavy (non-hydrogen) atoms. The molecule has 0 aromatic carbocycles. The highest BCUT2D eigenvalue weighted by molar-refractivity contribution is 5.21. The van der Waals surface area contributed by atoms with Gasteiger partial charge in [-0.25, -0.2) is 0 Å². The van der Waals surface area contributed by atoms with Crippen molar-refractivity contribution in [2.45, 2.75) is 13.8 Å². The third kappa shape index (κ3) is 0.605. The second-order valence-corrected chi connectivity index (χ2v) is 2.33. The topological polar surface area (TPSA) is 0 Å². The van der Waals surface area contributed by atoms with Crippen LogP contribution in [0.2, 0.25) is 0 Å². The van der Waals surface area contributed by atoms with Crippen molar-refractivity contribution in [1.82, 2.24) is 0 Å². The SMILES string of the molecule is C.C1=CC2C=CC1C2. The summed E-state index contributed by atoms with van der Waals surface area (Å²) in [5, 5.41) is 0. The summed E-state index contributed by atoms with van der Waals surface area (Å²) >= 11 is 0. The average Bonchev–Trinajstić information content (AvgIpc) is 2.22. The van der Waals surface area contributed by atoms with Gasteiger partial charge >= 0.3 is 0 Å². The van der Waals surface area contributed by atoms with E-state index in [1.54, 1.807) is 0 Å². The van der Waals surface area contributed by atoms with Gasteiger partial charge in [-0.3, -0.25) is 0 Å². The lowest BCUT2D eigenvalue weighted by molar-refractivity contribution is 0.732. The van der Waals surface area contributed by atoms with Gasteiger partial charge in [0.2, 0.25) is 0 Å². The molecule has 0 N–H and O–H groups in total. The minimum absolute atomic E-state index is 0. The number of hydrogen-bond donors (Lipinski definition) is 0. The maximum atomic E-state index is 2.30. The highest BCUT2D eigenvalue weighted by atomic mass is 14.2. The first-order valence-electron chi connectivity index (χ1n) is 2.82. The van der Waals surface area contributed by atoms with Gasteiger partial charge in [0.15, 0.2) is 0 Å². The molecule has 2 aliphatic rings. The van der Waals surface area contributed by atoms with Crippen LogP contribution < -0.4 is 0 Å². The molecule has 0 fully saturated rings. The molecular formula is C8H12. The smallest absolute Gasteiger partial charge is 0.00445 e. The molecule has 44 valence electrons. The lowest BCUT2D eigenvalue weighted by atomic mass is 10.2. The summed E-state index contributed by atoms with van der Waals surface area (Å²) in [7, 11) is 0. The van der Waals surface area contributed by atoms with Crippen LogP contribution in [0.25, 0.3) is 0 Å². The van der Waals surface area contributed by atoms with E-state index in [-0.39, 0.29) is 7.43 Å². The molecular weight excluding hydrogens is 96.1 g/mol. The minimum Gasteiger partial charge on any atom is -0.0810 e. The summed E-state index contributed by atoms with van der Waals surface area (Å²) in [6.07, 6.45) is 10.5. The molecule has 2 bridgehead atoms. The number of rotatable bonds is 0. The van der Waals surface area contributed by atoms with Gasteiger partial charge in [-0.05, 0) is 18.3 Å². The molecule has 2 rings (SSSR count).